The summed E-state index contributed by atoms with van der Waals surface area (Å²) in [7, 11) is 1.98. The zero-order valence-corrected chi connectivity index (χ0v) is 9.62. The maximum absolute atomic E-state index is 4.17. The predicted molar refractivity (Wildman–Crippen MR) is 59.1 cm³/mol. The number of hydrogen-bond acceptors (Lipinski definition) is 2. The van der Waals surface area contributed by atoms with Crippen LogP contribution in [-0.2, 0) is 7.05 Å². The molecule has 0 aliphatic rings. The van der Waals surface area contributed by atoms with Crippen LogP contribution in [0.2, 0.25) is 0 Å². The highest BCUT2D eigenvalue weighted by Gasteiger charge is 2.11. The zero-order valence-electron chi connectivity index (χ0n) is 9.62. The molecule has 0 amide bonds. The van der Waals surface area contributed by atoms with Crippen LogP contribution in [0, 0.1) is 0 Å². The van der Waals surface area contributed by atoms with Gasteiger partial charge in [0.2, 0.25) is 0 Å². The van der Waals surface area contributed by atoms with Gasteiger partial charge < -0.3 is 5.32 Å². The summed E-state index contributed by atoms with van der Waals surface area (Å²) in [6.07, 6.45) is 4.30. The van der Waals surface area contributed by atoms with E-state index >= 15 is 0 Å². The summed E-state index contributed by atoms with van der Waals surface area (Å²) in [5.41, 5.74) is 1.24. The summed E-state index contributed by atoms with van der Waals surface area (Å²) in [6, 6.07) is 3.02. The molecule has 1 aromatic rings. The normalized spacial score (nSPS) is 15.4. The highest BCUT2D eigenvalue weighted by molar-refractivity contribution is 5.05. The molecule has 0 saturated carbocycles. The Morgan fingerprint density at radius 2 is 2.21 bits per heavy atom. The van der Waals surface area contributed by atoms with Gasteiger partial charge >= 0.3 is 0 Å². The van der Waals surface area contributed by atoms with Crippen molar-refractivity contribution in [3.8, 4) is 0 Å². The minimum atomic E-state index is 0.379. The van der Waals surface area contributed by atoms with Gasteiger partial charge in [-0.15, -0.1) is 0 Å². The first-order chi connectivity index (χ1) is 6.65. The van der Waals surface area contributed by atoms with E-state index in [1.807, 2.05) is 17.9 Å². The minimum absolute atomic E-state index is 0.379. The first kappa shape index (κ1) is 11.2. The molecule has 1 rings (SSSR count). The fourth-order valence-electron chi connectivity index (χ4n) is 1.84. The lowest BCUT2D eigenvalue weighted by Crippen LogP contribution is -2.29. The van der Waals surface area contributed by atoms with Crippen molar-refractivity contribution in [3.63, 3.8) is 0 Å². The maximum Gasteiger partial charge on any atom is 0.0547 e. The highest BCUT2D eigenvalue weighted by atomic mass is 15.3. The van der Waals surface area contributed by atoms with E-state index in [1.54, 1.807) is 0 Å². The first-order valence-corrected chi connectivity index (χ1v) is 5.39. The molecule has 1 heterocycles. The van der Waals surface area contributed by atoms with E-state index in [1.165, 1.54) is 18.5 Å². The smallest absolute Gasteiger partial charge is 0.0547 e. The lowest BCUT2D eigenvalue weighted by atomic mass is 10.1. The minimum Gasteiger partial charge on any atom is -0.306 e. The van der Waals surface area contributed by atoms with E-state index in [0.717, 1.165) is 0 Å². The monoisotopic (exact) mass is 195 g/mol. The molecule has 0 spiro atoms. The quantitative estimate of drug-likeness (QED) is 0.781. The molecule has 0 aliphatic heterocycles. The zero-order chi connectivity index (χ0) is 10.6. The van der Waals surface area contributed by atoms with Crippen molar-refractivity contribution in [1.29, 1.82) is 0 Å². The van der Waals surface area contributed by atoms with Crippen LogP contribution in [0.3, 0.4) is 0 Å². The second-order valence-corrected chi connectivity index (χ2v) is 3.96. The molecule has 2 unspecified atom stereocenters. The Bertz CT molecular complexity index is 267. The van der Waals surface area contributed by atoms with Gasteiger partial charge in [0, 0.05) is 25.3 Å². The SMILES string of the molecule is CCCC(C)NC(C)c1ccnn1C. The van der Waals surface area contributed by atoms with Gasteiger partial charge in [0.25, 0.3) is 0 Å². The number of nitrogens with zero attached hydrogens (tertiary/aromatic N) is 2. The van der Waals surface area contributed by atoms with Gasteiger partial charge in [0.1, 0.15) is 0 Å². The second kappa shape index (κ2) is 5.15. The van der Waals surface area contributed by atoms with E-state index in [4.69, 9.17) is 0 Å². The third kappa shape index (κ3) is 2.84. The Balaban J connectivity index is 2.50. The molecule has 0 radical (unpaired) electrons. The summed E-state index contributed by atoms with van der Waals surface area (Å²) in [5.74, 6) is 0. The number of aromatic nitrogens is 2. The Hall–Kier alpha value is -0.830. The van der Waals surface area contributed by atoms with Crippen LogP contribution in [0.4, 0.5) is 0 Å². The largest absolute Gasteiger partial charge is 0.306 e. The van der Waals surface area contributed by atoms with E-state index in [2.05, 4.69) is 37.3 Å². The van der Waals surface area contributed by atoms with Gasteiger partial charge in [-0.05, 0) is 26.3 Å². The van der Waals surface area contributed by atoms with Crippen LogP contribution >= 0.6 is 0 Å². The average Bonchev–Trinajstić information content (AvgIpc) is 2.51. The third-order valence-electron chi connectivity index (χ3n) is 2.56. The van der Waals surface area contributed by atoms with Crippen LogP contribution in [0.1, 0.15) is 45.3 Å². The Labute approximate surface area is 86.5 Å². The van der Waals surface area contributed by atoms with Gasteiger partial charge in [0.15, 0.2) is 0 Å². The molecule has 2 atom stereocenters. The first-order valence-electron chi connectivity index (χ1n) is 5.39. The fourth-order valence-corrected chi connectivity index (χ4v) is 1.84. The third-order valence-corrected chi connectivity index (χ3v) is 2.56. The summed E-state index contributed by atoms with van der Waals surface area (Å²) >= 11 is 0. The van der Waals surface area contributed by atoms with Crippen LogP contribution < -0.4 is 5.32 Å². The topological polar surface area (TPSA) is 29.9 Å². The molecule has 14 heavy (non-hydrogen) atoms. The molecular formula is C11H21N3. The molecule has 0 aliphatic carbocycles. The number of hydrogen-bond donors (Lipinski definition) is 1. The van der Waals surface area contributed by atoms with Crippen molar-refractivity contribution in [2.45, 2.75) is 45.7 Å². The summed E-state index contributed by atoms with van der Waals surface area (Å²) in [6.45, 7) is 6.63. The van der Waals surface area contributed by atoms with Crippen molar-refractivity contribution in [2.75, 3.05) is 0 Å². The average molecular weight is 195 g/mol. The summed E-state index contributed by atoms with van der Waals surface area (Å²) < 4.78 is 1.93. The van der Waals surface area contributed by atoms with Gasteiger partial charge in [-0.3, -0.25) is 4.68 Å². The lowest BCUT2D eigenvalue weighted by Gasteiger charge is -2.19. The van der Waals surface area contributed by atoms with Crippen molar-refractivity contribution < 1.29 is 0 Å². The molecular weight excluding hydrogens is 174 g/mol. The van der Waals surface area contributed by atoms with Crippen molar-refractivity contribution in [3.05, 3.63) is 18.0 Å². The molecule has 0 fully saturated rings. The number of aryl methyl sites for hydroxylation is 1. The molecule has 0 aromatic carbocycles. The molecule has 1 N–H and O–H groups in total. The van der Waals surface area contributed by atoms with Crippen LogP contribution in [0.25, 0.3) is 0 Å². The molecule has 80 valence electrons. The van der Waals surface area contributed by atoms with Gasteiger partial charge in [0.05, 0.1) is 5.69 Å². The van der Waals surface area contributed by atoms with Gasteiger partial charge in [-0.25, -0.2) is 0 Å². The highest BCUT2D eigenvalue weighted by Crippen LogP contribution is 2.12. The van der Waals surface area contributed by atoms with Crippen molar-refractivity contribution in [1.82, 2.24) is 15.1 Å². The van der Waals surface area contributed by atoms with Crippen molar-refractivity contribution >= 4 is 0 Å². The Morgan fingerprint density at radius 3 is 2.71 bits per heavy atom. The van der Waals surface area contributed by atoms with Gasteiger partial charge in [-0.1, -0.05) is 13.3 Å². The van der Waals surface area contributed by atoms with E-state index < -0.39 is 0 Å². The lowest BCUT2D eigenvalue weighted by molar-refractivity contribution is 0.436. The summed E-state index contributed by atoms with van der Waals surface area (Å²) in [4.78, 5) is 0. The van der Waals surface area contributed by atoms with E-state index in [0.29, 0.717) is 12.1 Å². The molecule has 3 heteroatoms. The standard InChI is InChI=1S/C11H21N3/c1-5-6-9(2)13-10(3)11-7-8-12-14(11)4/h7-10,13H,5-6H2,1-4H3. The van der Waals surface area contributed by atoms with Crippen molar-refractivity contribution in [2.24, 2.45) is 7.05 Å². The predicted octanol–water partition coefficient (Wildman–Crippen LogP) is 2.26. The molecule has 0 bridgehead atoms. The van der Waals surface area contributed by atoms with Crippen LogP contribution in [0.5, 0.6) is 0 Å². The van der Waals surface area contributed by atoms with Gasteiger partial charge in [-0.2, -0.15) is 5.10 Å². The second-order valence-electron chi connectivity index (χ2n) is 3.96. The Kier molecular flexibility index (Phi) is 4.14. The molecule has 3 nitrogen and oxygen atoms in total. The molecule has 0 saturated heterocycles. The van der Waals surface area contributed by atoms with Crippen LogP contribution in [0.15, 0.2) is 12.3 Å². The Morgan fingerprint density at radius 1 is 1.50 bits per heavy atom. The molecule has 1 aromatic heterocycles. The van der Waals surface area contributed by atoms with E-state index in [9.17, 15) is 0 Å². The maximum atomic E-state index is 4.17. The number of nitrogens with one attached hydrogen (secondary N) is 1. The van der Waals surface area contributed by atoms with Crippen LogP contribution in [-0.4, -0.2) is 15.8 Å². The summed E-state index contributed by atoms with van der Waals surface area (Å²) in [5, 5.41) is 7.73. The number of rotatable bonds is 5. The van der Waals surface area contributed by atoms with E-state index in [-0.39, 0.29) is 0 Å². The fraction of sp³-hybridized carbons (Fsp3) is 0.727.